The number of allylic oxidation sites excluding steroid dienone is 1. The quantitative estimate of drug-likeness (QED) is 0.320. The molecule has 0 aliphatic rings. The van der Waals surface area contributed by atoms with Crippen molar-refractivity contribution in [2.45, 2.75) is 47.0 Å². The minimum Gasteiger partial charge on any atom is -0.494 e. The fourth-order valence-corrected chi connectivity index (χ4v) is 3.04. The van der Waals surface area contributed by atoms with E-state index in [-0.39, 0.29) is 5.78 Å². The van der Waals surface area contributed by atoms with Gasteiger partial charge in [0.1, 0.15) is 17.2 Å². The van der Waals surface area contributed by atoms with Crippen molar-refractivity contribution in [1.82, 2.24) is 0 Å². The normalized spacial score (nSPS) is 10.9. The Morgan fingerprint density at radius 1 is 0.862 bits per heavy atom. The second-order valence-electron chi connectivity index (χ2n) is 6.68. The fraction of sp³-hybridized carbons (Fsp3) is 0.400. The molecule has 0 saturated heterocycles. The van der Waals surface area contributed by atoms with Crippen molar-refractivity contribution < 1.29 is 19.0 Å². The van der Waals surface area contributed by atoms with Crippen LogP contribution in [0.2, 0.25) is 0 Å². The molecule has 0 bridgehead atoms. The molecule has 29 heavy (non-hydrogen) atoms. The van der Waals surface area contributed by atoms with Crippen LogP contribution in [0.25, 0.3) is 6.08 Å². The lowest BCUT2D eigenvalue weighted by atomic mass is 10.00. The minimum atomic E-state index is -0.0470. The summed E-state index contributed by atoms with van der Waals surface area (Å²) in [5, 5.41) is 0. The SMILES string of the molecule is CCCOc1ccc(C(=O)/C=C/c2cc(OCC)cc(OCC)c2CCC)cc1. The lowest BCUT2D eigenvalue weighted by Gasteiger charge is -2.15. The molecule has 0 fully saturated rings. The average Bonchev–Trinajstić information content (AvgIpc) is 2.73. The Kier molecular flexibility index (Phi) is 9.29. The Bertz CT molecular complexity index is 806. The van der Waals surface area contributed by atoms with E-state index in [4.69, 9.17) is 14.2 Å². The zero-order valence-electron chi connectivity index (χ0n) is 18.0. The molecule has 0 aliphatic carbocycles. The third-order valence-electron chi connectivity index (χ3n) is 4.35. The van der Waals surface area contributed by atoms with E-state index in [2.05, 4.69) is 13.8 Å². The first-order valence-electron chi connectivity index (χ1n) is 10.5. The first-order chi connectivity index (χ1) is 14.1. The molecule has 0 heterocycles. The molecule has 0 spiro atoms. The van der Waals surface area contributed by atoms with E-state index >= 15 is 0 Å². The summed E-state index contributed by atoms with van der Waals surface area (Å²) in [5.41, 5.74) is 2.69. The van der Waals surface area contributed by atoms with Crippen LogP contribution in [0, 0.1) is 0 Å². The van der Waals surface area contributed by atoms with Crippen LogP contribution in [-0.4, -0.2) is 25.6 Å². The molecule has 0 N–H and O–H groups in total. The van der Waals surface area contributed by atoms with Gasteiger partial charge in [0.2, 0.25) is 0 Å². The average molecular weight is 397 g/mol. The van der Waals surface area contributed by atoms with Gasteiger partial charge < -0.3 is 14.2 Å². The number of hydrogen-bond acceptors (Lipinski definition) is 4. The number of carbonyl (C=O) groups is 1. The van der Waals surface area contributed by atoms with Crippen molar-refractivity contribution in [1.29, 1.82) is 0 Å². The van der Waals surface area contributed by atoms with E-state index in [1.807, 2.05) is 44.2 Å². The third-order valence-corrected chi connectivity index (χ3v) is 4.35. The standard InChI is InChI=1S/C25H32O4/c1-5-9-23-20(17-22(27-7-3)18-25(23)28-8-4)12-15-24(26)19-10-13-21(14-11-19)29-16-6-2/h10-15,17-18H,5-9,16H2,1-4H3/b15-12+. The zero-order valence-corrected chi connectivity index (χ0v) is 18.0. The van der Waals surface area contributed by atoms with Crippen molar-refractivity contribution >= 4 is 11.9 Å². The van der Waals surface area contributed by atoms with Crippen molar-refractivity contribution in [3.8, 4) is 17.2 Å². The van der Waals surface area contributed by atoms with E-state index in [9.17, 15) is 4.79 Å². The van der Waals surface area contributed by atoms with Gasteiger partial charge in [-0.25, -0.2) is 0 Å². The molecule has 0 amide bonds. The third kappa shape index (κ3) is 6.67. The van der Waals surface area contributed by atoms with Gasteiger partial charge >= 0.3 is 0 Å². The Labute approximate surface area is 174 Å². The van der Waals surface area contributed by atoms with Crippen molar-refractivity contribution in [3.63, 3.8) is 0 Å². The summed E-state index contributed by atoms with van der Waals surface area (Å²) in [7, 11) is 0. The monoisotopic (exact) mass is 396 g/mol. The number of hydrogen-bond donors (Lipinski definition) is 0. The van der Waals surface area contributed by atoms with Crippen molar-refractivity contribution in [2.75, 3.05) is 19.8 Å². The van der Waals surface area contributed by atoms with Gasteiger partial charge in [0.05, 0.1) is 19.8 Å². The summed E-state index contributed by atoms with van der Waals surface area (Å²) in [4.78, 5) is 12.6. The van der Waals surface area contributed by atoms with E-state index in [0.717, 1.165) is 47.6 Å². The van der Waals surface area contributed by atoms with Gasteiger partial charge in [-0.05, 0) is 68.7 Å². The van der Waals surface area contributed by atoms with Gasteiger partial charge in [-0.3, -0.25) is 4.79 Å². The highest BCUT2D eigenvalue weighted by Gasteiger charge is 2.12. The number of ether oxygens (including phenoxy) is 3. The van der Waals surface area contributed by atoms with E-state index in [1.165, 1.54) is 0 Å². The second kappa shape index (κ2) is 11.9. The maximum Gasteiger partial charge on any atom is 0.185 e. The highest BCUT2D eigenvalue weighted by Crippen LogP contribution is 2.31. The van der Waals surface area contributed by atoms with Crippen LogP contribution in [0.1, 0.15) is 62.0 Å². The summed E-state index contributed by atoms with van der Waals surface area (Å²) < 4.78 is 17.1. The lowest BCUT2D eigenvalue weighted by molar-refractivity contribution is 0.104. The van der Waals surface area contributed by atoms with Crippen LogP contribution in [0.5, 0.6) is 17.2 Å². The number of rotatable bonds is 12. The molecule has 0 unspecified atom stereocenters. The van der Waals surface area contributed by atoms with Crippen molar-refractivity contribution in [3.05, 3.63) is 59.2 Å². The molecule has 2 aromatic carbocycles. The van der Waals surface area contributed by atoms with Gasteiger partial charge in [0.25, 0.3) is 0 Å². The second-order valence-corrected chi connectivity index (χ2v) is 6.68. The summed E-state index contributed by atoms with van der Waals surface area (Å²) >= 11 is 0. The predicted octanol–water partition coefficient (Wildman–Crippen LogP) is 6.12. The van der Waals surface area contributed by atoms with Crippen LogP contribution < -0.4 is 14.2 Å². The Balaban J connectivity index is 2.27. The first-order valence-corrected chi connectivity index (χ1v) is 10.5. The molecule has 0 aliphatic heterocycles. The molecule has 156 valence electrons. The maximum atomic E-state index is 12.6. The number of carbonyl (C=O) groups excluding carboxylic acids is 1. The molecule has 0 radical (unpaired) electrons. The minimum absolute atomic E-state index is 0.0470. The predicted molar refractivity (Wildman–Crippen MR) is 118 cm³/mol. The fourth-order valence-electron chi connectivity index (χ4n) is 3.04. The number of benzene rings is 2. The first kappa shape index (κ1) is 22.5. The van der Waals surface area contributed by atoms with Gasteiger partial charge in [-0.2, -0.15) is 0 Å². The molecule has 0 saturated carbocycles. The van der Waals surface area contributed by atoms with Gasteiger partial charge in [0, 0.05) is 17.2 Å². The van der Waals surface area contributed by atoms with Crippen LogP contribution in [0.15, 0.2) is 42.5 Å². The lowest BCUT2D eigenvalue weighted by Crippen LogP contribution is -2.02. The maximum absolute atomic E-state index is 12.6. The number of ketones is 1. The van der Waals surface area contributed by atoms with Crippen LogP contribution in [0.3, 0.4) is 0 Å². The molecule has 2 rings (SSSR count). The Hall–Kier alpha value is -2.75. The topological polar surface area (TPSA) is 44.8 Å². The van der Waals surface area contributed by atoms with Crippen LogP contribution in [-0.2, 0) is 6.42 Å². The van der Waals surface area contributed by atoms with Gasteiger partial charge in [-0.1, -0.05) is 26.3 Å². The smallest absolute Gasteiger partial charge is 0.185 e. The highest BCUT2D eigenvalue weighted by molar-refractivity contribution is 6.07. The van der Waals surface area contributed by atoms with E-state index in [1.54, 1.807) is 18.2 Å². The van der Waals surface area contributed by atoms with Gasteiger partial charge in [0.15, 0.2) is 5.78 Å². The molecule has 4 nitrogen and oxygen atoms in total. The van der Waals surface area contributed by atoms with Crippen LogP contribution >= 0.6 is 0 Å². The molecular weight excluding hydrogens is 364 g/mol. The Morgan fingerprint density at radius 3 is 2.21 bits per heavy atom. The van der Waals surface area contributed by atoms with E-state index in [0.29, 0.717) is 25.4 Å². The van der Waals surface area contributed by atoms with Crippen molar-refractivity contribution in [2.24, 2.45) is 0 Å². The largest absolute Gasteiger partial charge is 0.494 e. The zero-order chi connectivity index (χ0) is 21.1. The summed E-state index contributed by atoms with van der Waals surface area (Å²) in [6.45, 7) is 9.95. The summed E-state index contributed by atoms with van der Waals surface area (Å²) in [6, 6.07) is 11.2. The molecular formula is C25H32O4. The van der Waals surface area contributed by atoms with E-state index < -0.39 is 0 Å². The highest BCUT2D eigenvalue weighted by atomic mass is 16.5. The molecule has 4 heteroatoms. The van der Waals surface area contributed by atoms with Crippen LogP contribution in [0.4, 0.5) is 0 Å². The summed E-state index contributed by atoms with van der Waals surface area (Å²) in [5.74, 6) is 2.31. The molecule has 2 aromatic rings. The summed E-state index contributed by atoms with van der Waals surface area (Å²) in [6.07, 6.45) is 6.29. The van der Waals surface area contributed by atoms with Gasteiger partial charge in [-0.15, -0.1) is 0 Å². The molecule has 0 aromatic heterocycles. The Morgan fingerprint density at radius 2 is 1.59 bits per heavy atom. The molecule has 0 atom stereocenters.